The van der Waals surface area contributed by atoms with E-state index in [1.54, 1.807) is 0 Å². The van der Waals surface area contributed by atoms with E-state index in [2.05, 4.69) is 30.2 Å². The molecule has 112 valence electrons. The van der Waals surface area contributed by atoms with Gasteiger partial charge in [0.15, 0.2) is 0 Å². The smallest absolute Gasteiger partial charge is 0.105 e. The first kappa shape index (κ1) is 14.8. The van der Waals surface area contributed by atoms with Crippen molar-refractivity contribution in [1.29, 1.82) is 0 Å². The average Bonchev–Trinajstić information content (AvgIpc) is 2.94. The molecule has 0 aliphatic carbocycles. The zero-order valence-corrected chi connectivity index (χ0v) is 13.3. The summed E-state index contributed by atoms with van der Waals surface area (Å²) in [5, 5.41) is 9.25. The summed E-state index contributed by atoms with van der Waals surface area (Å²) < 4.78 is 1.85. The molecule has 2 aromatic carbocycles. The van der Waals surface area contributed by atoms with Crippen molar-refractivity contribution in [3.8, 4) is 16.9 Å². The number of aromatic nitrogens is 3. The molecule has 0 saturated heterocycles. The predicted molar refractivity (Wildman–Crippen MR) is 89.2 cm³/mol. The molecule has 2 N–H and O–H groups in total. The van der Waals surface area contributed by atoms with Crippen LogP contribution < -0.4 is 5.73 Å². The Balaban J connectivity index is 2.23. The molecule has 0 bridgehead atoms. The standard InChI is InChI=1S/C17H17ClN4/c1-11-4-3-5-16(12(11)2)22-17(15(10-19)20-21-22)13-6-8-14(18)9-7-13/h3-9H,10,19H2,1-2H3. The van der Waals surface area contributed by atoms with Crippen molar-refractivity contribution >= 4 is 11.6 Å². The number of hydrogen-bond acceptors (Lipinski definition) is 3. The van der Waals surface area contributed by atoms with Crippen LogP contribution in [0.5, 0.6) is 0 Å². The maximum Gasteiger partial charge on any atom is 0.105 e. The van der Waals surface area contributed by atoms with E-state index >= 15 is 0 Å². The summed E-state index contributed by atoms with van der Waals surface area (Å²) in [5.41, 5.74) is 11.9. The van der Waals surface area contributed by atoms with Gasteiger partial charge in [0.1, 0.15) is 5.69 Å². The van der Waals surface area contributed by atoms with Crippen LogP contribution in [0.15, 0.2) is 42.5 Å². The number of aryl methyl sites for hydroxylation is 1. The van der Waals surface area contributed by atoms with Crippen molar-refractivity contribution < 1.29 is 0 Å². The molecule has 0 fully saturated rings. The van der Waals surface area contributed by atoms with Gasteiger partial charge in [-0.05, 0) is 43.2 Å². The molecular formula is C17H17ClN4. The number of hydrogen-bond donors (Lipinski definition) is 1. The summed E-state index contributed by atoms with van der Waals surface area (Å²) in [4.78, 5) is 0. The largest absolute Gasteiger partial charge is 0.325 e. The lowest BCUT2D eigenvalue weighted by Crippen LogP contribution is -2.04. The Bertz CT molecular complexity index is 806. The highest BCUT2D eigenvalue weighted by atomic mass is 35.5. The first-order chi connectivity index (χ1) is 10.6. The predicted octanol–water partition coefficient (Wildman–Crippen LogP) is 3.66. The van der Waals surface area contributed by atoms with Crippen LogP contribution in [0.4, 0.5) is 0 Å². The van der Waals surface area contributed by atoms with Crippen molar-refractivity contribution in [2.45, 2.75) is 20.4 Å². The molecule has 0 radical (unpaired) electrons. The summed E-state index contributed by atoms with van der Waals surface area (Å²) in [6.45, 7) is 4.50. The maximum absolute atomic E-state index is 5.99. The van der Waals surface area contributed by atoms with E-state index in [1.165, 1.54) is 11.1 Å². The quantitative estimate of drug-likeness (QED) is 0.803. The van der Waals surface area contributed by atoms with E-state index in [0.29, 0.717) is 11.6 Å². The van der Waals surface area contributed by atoms with Gasteiger partial charge in [-0.3, -0.25) is 0 Å². The Hall–Kier alpha value is -2.17. The molecule has 3 rings (SSSR count). The van der Waals surface area contributed by atoms with Gasteiger partial charge in [-0.2, -0.15) is 0 Å². The van der Waals surface area contributed by atoms with Crippen LogP contribution in [0.2, 0.25) is 5.02 Å². The fourth-order valence-corrected chi connectivity index (χ4v) is 2.61. The number of rotatable bonds is 3. The Morgan fingerprint density at radius 3 is 2.50 bits per heavy atom. The number of nitrogens with zero attached hydrogens (tertiary/aromatic N) is 3. The Morgan fingerprint density at radius 2 is 1.82 bits per heavy atom. The van der Waals surface area contributed by atoms with E-state index in [4.69, 9.17) is 17.3 Å². The van der Waals surface area contributed by atoms with Crippen molar-refractivity contribution in [1.82, 2.24) is 15.0 Å². The summed E-state index contributed by atoms with van der Waals surface area (Å²) in [6, 6.07) is 13.8. The Morgan fingerprint density at radius 1 is 1.09 bits per heavy atom. The van der Waals surface area contributed by atoms with Crippen LogP contribution in [-0.4, -0.2) is 15.0 Å². The minimum Gasteiger partial charge on any atom is -0.325 e. The molecule has 0 unspecified atom stereocenters. The first-order valence-electron chi connectivity index (χ1n) is 7.09. The van der Waals surface area contributed by atoms with Crippen molar-refractivity contribution in [2.24, 2.45) is 5.73 Å². The van der Waals surface area contributed by atoms with Gasteiger partial charge < -0.3 is 5.73 Å². The van der Waals surface area contributed by atoms with E-state index in [0.717, 1.165) is 22.6 Å². The van der Waals surface area contributed by atoms with Crippen molar-refractivity contribution in [3.05, 3.63) is 64.3 Å². The molecule has 4 nitrogen and oxygen atoms in total. The summed E-state index contributed by atoms with van der Waals surface area (Å²) >= 11 is 5.99. The van der Waals surface area contributed by atoms with E-state index in [9.17, 15) is 0 Å². The van der Waals surface area contributed by atoms with E-state index < -0.39 is 0 Å². The topological polar surface area (TPSA) is 56.7 Å². The lowest BCUT2D eigenvalue weighted by molar-refractivity contribution is 0.795. The van der Waals surface area contributed by atoms with Crippen LogP contribution in [0.1, 0.15) is 16.8 Å². The molecule has 22 heavy (non-hydrogen) atoms. The summed E-state index contributed by atoms with van der Waals surface area (Å²) in [6.07, 6.45) is 0. The zero-order chi connectivity index (χ0) is 15.7. The Kier molecular flexibility index (Phi) is 3.96. The Labute approximate surface area is 134 Å². The minimum atomic E-state index is 0.336. The maximum atomic E-state index is 5.99. The van der Waals surface area contributed by atoms with Gasteiger partial charge in [0, 0.05) is 17.1 Å². The second kappa shape index (κ2) is 5.91. The molecule has 1 heterocycles. The van der Waals surface area contributed by atoms with Crippen LogP contribution in [0, 0.1) is 13.8 Å². The third kappa shape index (κ3) is 2.51. The number of halogens is 1. The van der Waals surface area contributed by atoms with Crippen molar-refractivity contribution in [2.75, 3.05) is 0 Å². The molecular weight excluding hydrogens is 296 g/mol. The van der Waals surface area contributed by atoms with Crippen molar-refractivity contribution in [3.63, 3.8) is 0 Å². The summed E-state index contributed by atoms with van der Waals surface area (Å²) in [7, 11) is 0. The highest BCUT2D eigenvalue weighted by Gasteiger charge is 2.16. The fraction of sp³-hybridized carbons (Fsp3) is 0.176. The van der Waals surface area contributed by atoms with Gasteiger partial charge in [0.25, 0.3) is 0 Å². The van der Waals surface area contributed by atoms with Gasteiger partial charge in [-0.15, -0.1) is 5.10 Å². The number of benzene rings is 2. The van der Waals surface area contributed by atoms with Crippen LogP contribution in [0.25, 0.3) is 16.9 Å². The third-order valence-electron chi connectivity index (χ3n) is 3.86. The molecule has 0 spiro atoms. The molecule has 0 saturated carbocycles. The molecule has 0 aliphatic rings. The highest BCUT2D eigenvalue weighted by molar-refractivity contribution is 6.30. The molecule has 1 aromatic heterocycles. The molecule has 0 aliphatic heterocycles. The second-order valence-electron chi connectivity index (χ2n) is 5.23. The summed E-state index contributed by atoms with van der Waals surface area (Å²) in [5.74, 6) is 0. The third-order valence-corrected chi connectivity index (χ3v) is 4.11. The fourth-order valence-electron chi connectivity index (χ4n) is 2.48. The van der Waals surface area contributed by atoms with Crippen LogP contribution in [-0.2, 0) is 6.54 Å². The SMILES string of the molecule is Cc1cccc(-n2nnc(CN)c2-c2ccc(Cl)cc2)c1C. The zero-order valence-electron chi connectivity index (χ0n) is 12.5. The molecule has 3 aromatic rings. The van der Waals surface area contributed by atoms with Crippen LogP contribution in [0.3, 0.4) is 0 Å². The average molecular weight is 313 g/mol. The molecule has 5 heteroatoms. The van der Waals surface area contributed by atoms with Crippen LogP contribution >= 0.6 is 11.6 Å². The lowest BCUT2D eigenvalue weighted by atomic mass is 10.1. The van der Waals surface area contributed by atoms with Gasteiger partial charge >= 0.3 is 0 Å². The second-order valence-corrected chi connectivity index (χ2v) is 5.66. The van der Waals surface area contributed by atoms with Gasteiger partial charge in [0.2, 0.25) is 0 Å². The number of nitrogens with two attached hydrogens (primary N) is 1. The highest BCUT2D eigenvalue weighted by Crippen LogP contribution is 2.28. The monoisotopic (exact) mass is 312 g/mol. The van der Waals surface area contributed by atoms with E-state index in [-0.39, 0.29) is 0 Å². The van der Waals surface area contributed by atoms with Gasteiger partial charge in [-0.1, -0.05) is 41.1 Å². The van der Waals surface area contributed by atoms with Gasteiger partial charge in [0.05, 0.1) is 11.4 Å². The molecule has 0 atom stereocenters. The molecule has 0 amide bonds. The lowest BCUT2D eigenvalue weighted by Gasteiger charge is -2.12. The van der Waals surface area contributed by atoms with Gasteiger partial charge in [-0.25, -0.2) is 4.68 Å². The normalized spacial score (nSPS) is 10.9. The first-order valence-corrected chi connectivity index (χ1v) is 7.46. The minimum absolute atomic E-state index is 0.336. The van der Waals surface area contributed by atoms with E-state index in [1.807, 2.05) is 41.1 Å².